The number of aromatic nitrogens is 4. The number of rotatable bonds is 6. The zero-order chi connectivity index (χ0) is 24.2. The molecule has 0 amide bonds. The molecule has 0 unspecified atom stereocenters. The first-order valence-corrected chi connectivity index (χ1v) is 13.3. The highest BCUT2D eigenvalue weighted by Gasteiger charge is 2.25. The normalized spacial score (nSPS) is 23.5. The summed E-state index contributed by atoms with van der Waals surface area (Å²) in [5.41, 5.74) is 4.09. The van der Waals surface area contributed by atoms with E-state index in [0.717, 1.165) is 106 Å². The van der Waals surface area contributed by atoms with Crippen LogP contribution < -0.4 is 20.3 Å². The number of nitrogens with one attached hydrogen (secondary N) is 2. The van der Waals surface area contributed by atoms with Gasteiger partial charge in [0.15, 0.2) is 0 Å². The van der Waals surface area contributed by atoms with Gasteiger partial charge in [-0.05, 0) is 69.2 Å². The van der Waals surface area contributed by atoms with Gasteiger partial charge in [0.2, 0.25) is 5.95 Å². The lowest BCUT2D eigenvalue weighted by Gasteiger charge is -2.31. The highest BCUT2D eigenvalue weighted by molar-refractivity contribution is 5.85. The molecule has 2 aromatic heterocycles. The summed E-state index contributed by atoms with van der Waals surface area (Å²) in [6.07, 6.45) is 14.0. The summed E-state index contributed by atoms with van der Waals surface area (Å²) in [5.74, 6) is 2.14. The van der Waals surface area contributed by atoms with E-state index in [1.165, 1.54) is 5.56 Å². The topological polar surface area (TPSA) is 97.3 Å². The lowest BCUT2D eigenvalue weighted by molar-refractivity contribution is 0.122. The van der Waals surface area contributed by atoms with Crippen LogP contribution in [0.4, 0.5) is 11.6 Å². The Kier molecular flexibility index (Phi) is 7.09. The molecule has 3 aromatic rings. The molecule has 2 aliphatic heterocycles. The molecule has 2 N–H and O–H groups in total. The number of hydrogen-bond acceptors (Lipinski definition) is 9. The van der Waals surface area contributed by atoms with Crippen molar-refractivity contribution < 1.29 is 9.47 Å². The summed E-state index contributed by atoms with van der Waals surface area (Å²) >= 11 is 0. The molecule has 190 valence electrons. The number of fused-ring (bicyclic) bond motifs is 1. The molecule has 0 atom stereocenters. The largest absolute Gasteiger partial charge is 0.488 e. The van der Waals surface area contributed by atoms with Crippen LogP contribution in [-0.2, 0) is 4.74 Å². The standard InChI is InChI=1S/C27H35N7O2/c1-3-23(4-2-21(1)33-27-31-17-20(18-32-27)19-5-7-28-8-6-19)36-25-16-22(34-11-13-35-14-12-34)15-24-26(25)30-10-9-29-24/h9-10,15-19,21,23,28H,1-8,11-14H2,(H,31,32,33). The number of ether oxygens (including phenoxy) is 2. The Balaban J connectivity index is 1.07. The monoisotopic (exact) mass is 489 g/mol. The van der Waals surface area contributed by atoms with Crippen molar-refractivity contribution in [3.63, 3.8) is 0 Å². The van der Waals surface area contributed by atoms with Gasteiger partial charge in [-0.2, -0.15) is 0 Å². The Bertz CT molecular complexity index is 1140. The highest BCUT2D eigenvalue weighted by Crippen LogP contribution is 2.33. The molecule has 36 heavy (non-hydrogen) atoms. The van der Waals surface area contributed by atoms with Crippen LogP contribution in [-0.4, -0.2) is 71.5 Å². The summed E-state index contributed by atoms with van der Waals surface area (Å²) in [6, 6.07) is 4.60. The molecule has 4 heterocycles. The van der Waals surface area contributed by atoms with Crippen molar-refractivity contribution in [1.82, 2.24) is 25.3 Å². The molecule has 3 fully saturated rings. The third kappa shape index (κ3) is 5.37. The quantitative estimate of drug-likeness (QED) is 0.539. The molecule has 3 aliphatic rings. The van der Waals surface area contributed by atoms with Crippen LogP contribution in [0.15, 0.2) is 36.9 Å². The average Bonchev–Trinajstić information content (AvgIpc) is 2.95. The summed E-state index contributed by atoms with van der Waals surface area (Å²) in [7, 11) is 0. The molecule has 1 aliphatic carbocycles. The molecule has 6 rings (SSSR count). The molecule has 9 nitrogen and oxygen atoms in total. The molecule has 0 radical (unpaired) electrons. The van der Waals surface area contributed by atoms with E-state index in [0.29, 0.717) is 12.0 Å². The molecule has 0 bridgehead atoms. The van der Waals surface area contributed by atoms with Gasteiger partial charge in [-0.1, -0.05) is 0 Å². The number of benzene rings is 1. The van der Waals surface area contributed by atoms with Crippen LogP contribution in [0.25, 0.3) is 11.0 Å². The number of nitrogens with zero attached hydrogens (tertiary/aromatic N) is 5. The molecule has 0 spiro atoms. The van der Waals surface area contributed by atoms with Crippen molar-refractivity contribution >= 4 is 22.7 Å². The minimum atomic E-state index is 0.163. The smallest absolute Gasteiger partial charge is 0.222 e. The van der Waals surface area contributed by atoms with Gasteiger partial charge in [-0.15, -0.1) is 0 Å². The van der Waals surface area contributed by atoms with Crippen LogP contribution >= 0.6 is 0 Å². The van der Waals surface area contributed by atoms with Crippen molar-refractivity contribution in [1.29, 1.82) is 0 Å². The van der Waals surface area contributed by atoms with Crippen LogP contribution in [0.3, 0.4) is 0 Å². The maximum absolute atomic E-state index is 6.56. The summed E-state index contributed by atoms with van der Waals surface area (Å²) in [4.78, 5) is 20.7. The second-order valence-electron chi connectivity index (χ2n) is 10.1. The molecular weight excluding hydrogens is 454 g/mol. The molecule has 2 saturated heterocycles. The van der Waals surface area contributed by atoms with Gasteiger partial charge in [0.1, 0.15) is 11.3 Å². The predicted molar refractivity (Wildman–Crippen MR) is 140 cm³/mol. The first-order valence-electron chi connectivity index (χ1n) is 13.3. The van der Waals surface area contributed by atoms with Gasteiger partial charge in [0.05, 0.1) is 24.8 Å². The van der Waals surface area contributed by atoms with Gasteiger partial charge < -0.3 is 25.0 Å². The molecule has 1 saturated carbocycles. The van der Waals surface area contributed by atoms with Crippen LogP contribution in [0.5, 0.6) is 5.75 Å². The van der Waals surface area contributed by atoms with Crippen LogP contribution in [0.1, 0.15) is 50.0 Å². The lowest BCUT2D eigenvalue weighted by atomic mass is 9.92. The van der Waals surface area contributed by atoms with E-state index in [1.54, 1.807) is 12.4 Å². The van der Waals surface area contributed by atoms with Gasteiger partial charge in [0.25, 0.3) is 0 Å². The fourth-order valence-electron chi connectivity index (χ4n) is 5.59. The fraction of sp³-hybridized carbons (Fsp3) is 0.556. The van der Waals surface area contributed by atoms with Gasteiger partial charge in [0, 0.05) is 55.7 Å². The Hall–Kier alpha value is -3.04. The van der Waals surface area contributed by atoms with Crippen molar-refractivity contribution in [3.8, 4) is 5.75 Å². The average molecular weight is 490 g/mol. The first-order chi connectivity index (χ1) is 17.8. The summed E-state index contributed by atoms with van der Waals surface area (Å²) in [6.45, 7) is 5.41. The maximum Gasteiger partial charge on any atom is 0.222 e. The van der Waals surface area contributed by atoms with E-state index < -0.39 is 0 Å². The van der Waals surface area contributed by atoms with E-state index in [1.807, 2.05) is 12.4 Å². The Morgan fingerprint density at radius 3 is 2.42 bits per heavy atom. The van der Waals surface area contributed by atoms with E-state index in [-0.39, 0.29) is 6.10 Å². The summed E-state index contributed by atoms with van der Waals surface area (Å²) < 4.78 is 12.1. The number of hydrogen-bond donors (Lipinski definition) is 2. The molecule has 1 aromatic carbocycles. The molecular formula is C27H35N7O2. The first kappa shape index (κ1) is 23.4. The second kappa shape index (κ2) is 10.9. The number of piperidine rings is 1. The SMILES string of the molecule is c1cnc2c(OC3CCC(Nc4ncc(C5CCNCC5)cn4)CC3)cc(N3CCOCC3)cc2n1. The van der Waals surface area contributed by atoms with Crippen molar-refractivity contribution in [2.75, 3.05) is 49.6 Å². The van der Waals surface area contributed by atoms with Crippen molar-refractivity contribution in [2.45, 2.75) is 56.6 Å². The summed E-state index contributed by atoms with van der Waals surface area (Å²) in [5, 5.41) is 6.96. The lowest BCUT2D eigenvalue weighted by Crippen LogP contribution is -2.36. The number of morpholine rings is 1. The van der Waals surface area contributed by atoms with Gasteiger partial charge >= 0.3 is 0 Å². The molecule has 9 heteroatoms. The van der Waals surface area contributed by atoms with E-state index >= 15 is 0 Å². The van der Waals surface area contributed by atoms with Crippen LogP contribution in [0, 0.1) is 0 Å². The van der Waals surface area contributed by atoms with E-state index in [4.69, 9.17) is 9.47 Å². The van der Waals surface area contributed by atoms with Gasteiger partial charge in [-0.3, -0.25) is 4.98 Å². The van der Waals surface area contributed by atoms with Crippen molar-refractivity contribution in [3.05, 3.63) is 42.5 Å². The van der Waals surface area contributed by atoms with Crippen molar-refractivity contribution in [2.24, 2.45) is 0 Å². The van der Waals surface area contributed by atoms with Gasteiger partial charge in [-0.25, -0.2) is 15.0 Å². The zero-order valence-corrected chi connectivity index (χ0v) is 20.7. The zero-order valence-electron chi connectivity index (χ0n) is 20.7. The fourth-order valence-corrected chi connectivity index (χ4v) is 5.59. The third-order valence-corrected chi connectivity index (χ3v) is 7.68. The minimum Gasteiger partial charge on any atom is -0.488 e. The second-order valence-corrected chi connectivity index (χ2v) is 10.1. The maximum atomic E-state index is 6.56. The number of anilines is 2. The third-order valence-electron chi connectivity index (χ3n) is 7.68. The highest BCUT2D eigenvalue weighted by atomic mass is 16.5. The Morgan fingerprint density at radius 1 is 0.889 bits per heavy atom. The Labute approximate surface area is 212 Å². The predicted octanol–water partition coefficient (Wildman–Crippen LogP) is 3.53. The Morgan fingerprint density at radius 2 is 1.64 bits per heavy atom. The van der Waals surface area contributed by atoms with E-state index in [2.05, 4.69) is 47.6 Å². The van der Waals surface area contributed by atoms with E-state index in [9.17, 15) is 0 Å². The minimum absolute atomic E-state index is 0.163. The van der Waals surface area contributed by atoms with Crippen LogP contribution in [0.2, 0.25) is 0 Å².